The molecule has 0 radical (unpaired) electrons. The molecule has 0 saturated carbocycles. The molecule has 0 aliphatic carbocycles. The van der Waals surface area contributed by atoms with Crippen molar-refractivity contribution < 1.29 is 4.79 Å². The highest BCUT2D eigenvalue weighted by Gasteiger charge is 2.39. The predicted molar refractivity (Wildman–Crippen MR) is 105 cm³/mol. The molecule has 0 fully saturated rings. The number of carbonyl (C=O) groups excluding carboxylic acids is 1. The van der Waals surface area contributed by atoms with Gasteiger partial charge in [0.25, 0.3) is 0 Å². The molecule has 25 heavy (non-hydrogen) atoms. The van der Waals surface area contributed by atoms with Crippen LogP contribution in [-0.4, -0.2) is 29.9 Å². The Balaban J connectivity index is 2.42. The zero-order valence-electron chi connectivity index (χ0n) is 15.5. The molecular formula is C22H28N2O. The summed E-state index contributed by atoms with van der Waals surface area (Å²) in [5, 5.41) is 3.20. The van der Waals surface area contributed by atoms with Crippen LogP contribution in [0.4, 0.5) is 0 Å². The summed E-state index contributed by atoms with van der Waals surface area (Å²) in [4.78, 5) is 15.3. The van der Waals surface area contributed by atoms with Crippen LogP contribution in [0.5, 0.6) is 0 Å². The van der Waals surface area contributed by atoms with Crippen LogP contribution >= 0.6 is 0 Å². The molecule has 1 heterocycles. The van der Waals surface area contributed by atoms with Crippen molar-refractivity contribution in [2.45, 2.75) is 31.8 Å². The molecule has 3 nitrogen and oxygen atoms in total. The summed E-state index contributed by atoms with van der Waals surface area (Å²) in [5.41, 5.74) is 3.00. The molecule has 1 unspecified atom stereocenters. The molecule has 0 saturated heterocycles. The Bertz CT molecular complexity index is 712. The molecule has 132 valence electrons. The Morgan fingerprint density at radius 3 is 2.68 bits per heavy atom. The number of likely N-dealkylation sites (N-methyl/N-ethyl adjacent to an activating group) is 1. The maximum absolute atomic E-state index is 13.3. The number of nitrogens with one attached hydrogen (secondary N) is 1. The Labute approximate surface area is 151 Å². The van der Waals surface area contributed by atoms with Crippen LogP contribution in [0.1, 0.15) is 31.0 Å². The number of benzene rings is 1. The first kappa shape index (κ1) is 18.9. The molecule has 0 aromatic heterocycles. The molecule has 1 N–H and O–H groups in total. The molecule has 1 aliphatic heterocycles. The van der Waals surface area contributed by atoms with Crippen LogP contribution in [0.15, 0.2) is 73.4 Å². The second kappa shape index (κ2) is 8.13. The summed E-state index contributed by atoms with van der Waals surface area (Å²) >= 11 is 0. The van der Waals surface area contributed by atoms with Gasteiger partial charge in [0, 0.05) is 12.1 Å². The van der Waals surface area contributed by atoms with E-state index in [4.69, 9.17) is 0 Å². The van der Waals surface area contributed by atoms with Crippen LogP contribution in [0.25, 0.3) is 0 Å². The summed E-state index contributed by atoms with van der Waals surface area (Å²) in [5.74, 6) is 0.0953. The number of hydrogen-bond acceptors (Lipinski definition) is 2. The summed E-state index contributed by atoms with van der Waals surface area (Å²) in [6, 6.07) is 7.87. The Morgan fingerprint density at radius 1 is 1.32 bits per heavy atom. The smallest absolute Gasteiger partial charge is 0.245 e. The van der Waals surface area contributed by atoms with E-state index in [1.807, 2.05) is 54.5 Å². The van der Waals surface area contributed by atoms with Crippen molar-refractivity contribution in [2.24, 2.45) is 0 Å². The summed E-state index contributed by atoms with van der Waals surface area (Å²) in [6.07, 6.45) is 10.1. The standard InChI is InChI=1S/C22H28N2O/c1-6-8-9-12-17(7-2)16-24-21(25)20(23-5)19-14-11-10-13-18(19)15-22(24,3)4/h6-14,20,23H,1-2,15-16H2,3-5H3/b9-8-,17-12+. The third-order valence-electron chi connectivity index (χ3n) is 4.68. The van der Waals surface area contributed by atoms with Gasteiger partial charge in [-0.15, -0.1) is 0 Å². The number of carbonyl (C=O) groups is 1. The number of fused-ring (bicyclic) bond motifs is 1. The fourth-order valence-corrected chi connectivity index (χ4v) is 3.32. The molecule has 0 bridgehead atoms. The molecule has 0 spiro atoms. The van der Waals surface area contributed by atoms with Crippen LogP contribution in [0, 0.1) is 0 Å². The molecule has 1 aliphatic rings. The second-order valence-electron chi connectivity index (χ2n) is 6.90. The SMILES string of the molecule is C=C/C=C\C=C(/C=C)CN1C(=O)C(NC)c2ccccc2CC1(C)C. The summed E-state index contributed by atoms with van der Waals surface area (Å²) in [7, 11) is 1.84. The number of rotatable bonds is 6. The summed E-state index contributed by atoms with van der Waals surface area (Å²) in [6.45, 7) is 12.4. The Kier molecular flexibility index (Phi) is 6.16. The molecule has 1 aromatic rings. The molecular weight excluding hydrogens is 308 g/mol. The molecule has 2 rings (SSSR count). The van der Waals surface area contributed by atoms with Crippen molar-refractivity contribution in [3.05, 3.63) is 84.5 Å². The molecule has 1 atom stereocenters. The fraction of sp³-hybridized carbons (Fsp3) is 0.318. The van der Waals surface area contributed by atoms with E-state index in [1.165, 1.54) is 5.56 Å². The zero-order chi connectivity index (χ0) is 18.4. The lowest BCUT2D eigenvalue weighted by Gasteiger charge is -2.38. The van der Waals surface area contributed by atoms with E-state index in [0.29, 0.717) is 6.54 Å². The molecule has 1 amide bonds. The van der Waals surface area contributed by atoms with Gasteiger partial charge >= 0.3 is 0 Å². The van der Waals surface area contributed by atoms with Crippen molar-refractivity contribution in [2.75, 3.05) is 13.6 Å². The fourth-order valence-electron chi connectivity index (χ4n) is 3.32. The van der Waals surface area contributed by atoms with Gasteiger partial charge in [0.15, 0.2) is 0 Å². The number of allylic oxidation sites excluding steroid dienone is 4. The minimum Gasteiger partial charge on any atom is -0.331 e. The van der Waals surface area contributed by atoms with Crippen LogP contribution in [0.3, 0.4) is 0 Å². The lowest BCUT2D eigenvalue weighted by atomic mass is 9.91. The van der Waals surface area contributed by atoms with Gasteiger partial charge in [-0.2, -0.15) is 0 Å². The van der Waals surface area contributed by atoms with Crippen LogP contribution in [0.2, 0.25) is 0 Å². The third-order valence-corrected chi connectivity index (χ3v) is 4.68. The Morgan fingerprint density at radius 2 is 2.04 bits per heavy atom. The quantitative estimate of drug-likeness (QED) is 0.797. The van der Waals surface area contributed by atoms with E-state index >= 15 is 0 Å². The number of nitrogens with zero attached hydrogens (tertiary/aromatic N) is 1. The normalized spacial score (nSPS) is 20.3. The number of amides is 1. The average Bonchev–Trinajstić information content (AvgIpc) is 2.66. The van der Waals surface area contributed by atoms with Gasteiger partial charge in [0.2, 0.25) is 5.91 Å². The molecule has 3 heteroatoms. The first-order valence-corrected chi connectivity index (χ1v) is 8.62. The lowest BCUT2D eigenvalue weighted by Crippen LogP contribution is -2.51. The highest BCUT2D eigenvalue weighted by molar-refractivity contribution is 5.85. The van der Waals surface area contributed by atoms with Gasteiger partial charge < -0.3 is 10.2 Å². The van der Waals surface area contributed by atoms with Gasteiger partial charge in [0.1, 0.15) is 6.04 Å². The maximum Gasteiger partial charge on any atom is 0.245 e. The average molecular weight is 336 g/mol. The van der Waals surface area contributed by atoms with E-state index < -0.39 is 0 Å². The van der Waals surface area contributed by atoms with Crippen molar-refractivity contribution in [3.8, 4) is 0 Å². The third kappa shape index (κ3) is 4.18. The van der Waals surface area contributed by atoms with Crippen molar-refractivity contribution in [1.29, 1.82) is 0 Å². The monoisotopic (exact) mass is 336 g/mol. The highest BCUT2D eigenvalue weighted by Crippen LogP contribution is 2.33. The summed E-state index contributed by atoms with van der Waals surface area (Å²) < 4.78 is 0. The van der Waals surface area contributed by atoms with Gasteiger partial charge in [-0.05, 0) is 44.0 Å². The van der Waals surface area contributed by atoms with Gasteiger partial charge in [-0.3, -0.25) is 4.79 Å². The topological polar surface area (TPSA) is 32.3 Å². The Hall–Kier alpha value is -2.39. The maximum atomic E-state index is 13.3. The second-order valence-corrected chi connectivity index (χ2v) is 6.90. The molecule has 1 aromatic carbocycles. The van der Waals surface area contributed by atoms with Crippen molar-refractivity contribution >= 4 is 5.91 Å². The first-order chi connectivity index (χ1) is 11.9. The minimum atomic E-state index is -0.326. The van der Waals surface area contributed by atoms with Gasteiger partial charge in [0.05, 0.1) is 0 Å². The first-order valence-electron chi connectivity index (χ1n) is 8.62. The number of hydrogen-bond donors (Lipinski definition) is 1. The van der Waals surface area contributed by atoms with Crippen LogP contribution < -0.4 is 5.32 Å². The minimum absolute atomic E-state index is 0.0953. The lowest BCUT2D eigenvalue weighted by molar-refractivity contribution is -0.137. The van der Waals surface area contributed by atoms with Gasteiger partial charge in [-0.1, -0.05) is 67.8 Å². The van der Waals surface area contributed by atoms with E-state index in [2.05, 4.69) is 38.4 Å². The van der Waals surface area contributed by atoms with E-state index in [1.54, 1.807) is 6.08 Å². The van der Waals surface area contributed by atoms with Crippen molar-refractivity contribution in [3.63, 3.8) is 0 Å². The van der Waals surface area contributed by atoms with E-state index in [0.717, 1.165) is 17.6 Å². The van der Waals surface area contributed by atoms with E-state index in [9.17, 15) is 4.79 Å². The highest BCUT2D eigenvalue weighted by atomic mass is 16.2. The van der Waals surface area contributed by atoms with Gasteiger partial charge in [-0.25, -0.2) is 0 Å². The predicted octanol–water partition coefficient (Wildman–Crippen LogP) is 3.97. The van der Waals surface area contributed by atoms with Crippen molar-refractivity contribution in [1.82, 2.24) is 10.2 Å². The largest absolute Gasteiger partial charge is 0.331 e. The van der Waals surface area contributed by atoms with Crippen LogP contribution in [-0.2, 0) is 11.2 Å². The zero-order valence-corrected chi connectivity index (χ0v) is 15.5. The van der Waals surface area contributed by atoms with E-state index in [-0.39, 0.29) is 17.5 Å².